The minimum Gasteiger partial charge on any atom is -0.480 e. The second-order valence-corrected chi connectivity index (χ2v) is 9.34. The molecule has 0 saturated heterocycles. The van der Waals surface area contributed by atoms with E-state index in [2.05, 4.69) is 30.6 Å². The minimum absolute atomic E-state index is 0.0465. The van der Waals surface area contributed by atoms with Crippen LogP contribution in [0.1, 0.15) is 32.5 Å². The number of nitrogens with zero attached hydrogens (tertiary/aromatic N) is 4. The number of hydrogen-bond acceptors (Lipinski definition) is 6. The largest absolute Gasteiger partial charge is 0.480 e. The highest BCUT2D eigenvalue weighted by Crippen LogP contribution is 2.37. The van der Waals surface area contributed by atoms with Crippen LogP contribution < -0.4 is 15.4 Å². The molecule has 35 heavy (non-hydrogen) atoms. The van der Waals surface area contributed by atoms with Crippen LogP contribution in [-0.2, 0) is 11.3 Å². The summed E-state index contributed by atoms with van der Waals surface area (Å²) in [6, 6.07) is 5.70. The van der Waals surface area contributed by atoms with E-state index in [4.69, 9.17) is 4.74 Å². The molecule has 1 aliphatic carbocycles. The Hall–Kier alpha value is -3.76. The molecule has 184 valence electrons. The third-order valence-electron chi connectivity index (χ3n) is 6.47. The van der Waals surface area contributed by atoms with Crippen LogP contribution in [0.4, 0.5) is 14.7 Å². The van der Waals surface area contributed by atoms with Crippen LogP contribution in [0.25, 0.3) is 33.2 Å². The summed E-state index contributed by atoms with van der Waals surface area (Å²) < 4.78 is 33.4. The number of aromatic nitrogens is 5. The monoisotopic (exact) mass is 483 g/mol. The highest BCUT2D eigenvalue weighted by atomic mass is 19.3. The van der Waals surface area contributed by atoms with Crippen molar-refractivity contribution in [2.24, 2.45) is 0 Å². The highest BCUT2D eigenvalue weighted by Gasteiger charge is 2.41. The lowest BCUT2D eigenvalue weighted by molar-refractivity contribution is -0.121. The predicted octanol–water partition coefficient (Wildman–Crippen LogP) is 4.03. The van der Waals surface area contributed by atoms with Gasteiger partial charge in [0.15, 0.2) is 0 Å². The normalized spacial score (nSPS) is 19.8. The number of ether oxygens (including phenoxy) is 1. The molecule has 3 N–H and O–H groups in total. The first-order chi connectivity index (χ1) is 16.7. The fourth-order valence-electron chi connectivity index (χ4n) is 5.06. The minimum atomic E-state index is -2.48. The van der Waals surface area contributed by atoms with E-state index in [-0.39, 0.29) is 17.5 Å². The Kier molecular flexibility index (Phi) is 5.57. The van der Waals surface area contributed by atoms with Crippen molar-refractivity contribution in [3.05, 3.63) is 30.2 Å². The van der Waals surface area contributed by atoms with Crippen molar-refractivity contribution >= 4 is 33.9 Å². The summed E-state index contributed by atoms with van der Waals surface area (Å²) >= 11 is 0. The van der Waals surface area contributed by atoms with Crippen molar-refractivity contribution in [1.82, 2.24) is 29.8 Å². The number of H-pyrrole nitrogens is 1. The first-order valence-corrected chi connectivity index (χ1v) is 11.4. The number of carbonyl (C=O) groups excluding carboxylic acids is 1. The number of rotatable bonds is 7. The van der Waals surface area contributed by atoms with Crippen LogP contribution in [0.3, 0.4) is 0 Å². The predicted molar refractivity (Wildman–Crippen MR) is 129 cm³/mol. The summed E-state index contributed by atoms with van der Waals surface area (Å²) in [6.45, 7) is 4.84. The van der Waals surface area contributed by atoms with Gasteiger partial charge in [0.25, 0.3) is 6.43 Å². The average Bonchev–Trinajstić information content (AvgIpc) is 3.32. The van der Waals surface area contributed by atoms with E-state index in [1.165, 1.54) is 11.5 Å². The number of aromatic amines is 1. The number of anilines is 1. The summed E-state index contributed by atoms with van der Waals surface area (Å²) in [7, 11) is 1.55. The summed E-state index contributed by atoms with van der Waals surface area (Å²) in [4.78, 5) is 28.2. The molecule has 1 amide bonds. The summed E-state index contributed by atoms with van der Waals surface area (Å²) in [5, 5.41) is 6.99. The Morgan fingerprint density at radius 2 is 2.09 bits per heavy atom. The highest BCUT2D eigenvalue weighted by molar-refractivity contribution is 5.99. The number of fused-ring (bicyclic) bond motifs is 2. The van der Waals surface area contributed by atoms with Crippen molar-refractivity contribution in [1.29, 1.82) is 0 Å². The molecule has 0 atom stereocenters. The zero-order chi connectivity index (χ0) is 24.9. The molecule has 0 unspecified atom stereocenters. The molecule has 0 bridgehead atoms. The molecule has 3 heterocycles. The second kappa shape index (κ2) is 8.47. The van der Waals surface area contributed by atoms with Gasteiger partial charge in [-0.3, -0.25) is 4.79 Å². The Morgan fingerprint density at radius 3 is 2.77 bits per heavy atom. The fraction of sp³-hybridized carbons (Fsp3) is 0.417. The van der Waals surface area contributed by atoms with Gasteiger partial charge in [-0.2, -0.15) is 9.97 Å². The molecule has 0 spiro atoms. The van der Waals surface area contributed by atoms with Crippen molar-refractivity contribution in [3.8, 4) is 17.0 Å². The zero-order valence-electron chi connectivity index (χ0n) is 19.9. The number of alkyl halides is 2. The topological polar surface area (TPSA) is 110 Å². The number of imidazole rings is 1. The van der Waals surface area contributed by atoms with Gasteiger partial charge in [0.1, 0.15) is 11.5 Å². The number of hydrogen-bond donors (Lipinski definition) is 3. The SMILES string of the molecule is COc1nc(N[C@H]2C[C@](C)(NC(C)=O)C2)nc2[nH]cc(-c3ccc4nc(C)n(CC(F)F)c4c3)c12. The van der Waals surface area contributed by atoms with Crippen molar-refractivity contribution < 1.29 is 18.3 Å². The smallest absolute Gasteiger partial charge is 0.256 e. The van der Waals surface area contributed by atoms with Gasteiger partial charge in [-0.25, -0.2) is 13.8 Å². The maximum atomic E-state index is 13.1. The maximum Gasteiger partial charge on any atom is 0.256 e. The lowest BCUT2D eigenvalue weighted by Gasteiger charge is -2.45. The van der Waals surface area contributed by atoms with Crippen molar-refractivity contribution in [3.63, 3.8) is 0 Å². The van der Waals surface area contributed by atoms with Gasteiger partial charge in [-0.1, -0.05) is 6.07 Å². The summed E-state index contributed by atoms with van der Waals surface area (Å²) in [5.74, 6) is 1.32. The maximum absolute atomic E-state index is 13.1. The Bertz CT molecular complexity index is 1420. The summed E-state index contributed by atoms with van der Waals surface area (Å²) in [5.41, 5.74) is 3.27. The van der Waals surface area contributed by atoms with Crippen LogP contribution in [-0.4, -0.2) is 55.5 Å². The molecule has 1 saturated carbocycles. The third kappa shape index (κ3) is 4.26. The van der Waals surface area contributed by atoms with Crippen LogP contribution in [0.15, 0.2) is 24.4 Å². The lowest BCUT2D eigenvalue weighted by Crippen LogP contribution is -2.59. The Morgan fingerprint density at radius 1 is 1.31 bits per heavy atom. The van der Waals surface area contributed by atoms with Crippen molar-refractivity contribution in [2.75, 3.05) is 12.4 Å². The van der Waals surface area contributed by atoms with Gasteiger partial charge in [0.2, 0.25) is 17.7 Å². The van der Waals surface area contributed by atoms with Gasteiger partial charge in [-0.15, -0.1) is 0 Å². The van der Waals surface area contributed by atoms with E-state index in [1.54, 1.807) is 14.0 Å². The second-order valence-electron chi connectivity index (χ2n) is 9.34. The average molecular weight is 484 g/mol. The molecule has 0 aliphatic heterocycles. The number of benzene rings is 1. The number of aryl methyl sites for hydroxylation is 1. The number of methoxy groups -OCH3 is 1. The molecule has 9 nitrogen and oxygen atoms in total. The van der Waals surface area contributed by atoms with E-state index in [9.17, 15) is 13.6 Å². The van der Waals surface area contributed by atoms with Crippen LogP contribution in [0, 0.1) is 6.92 Å². The summed E-state index contributed by atoms with van der Waals surface area (Å²) in [6.07, 6.45) is 0.856. The van der Waals surface area contributed by atoms with Gasteiger partial charge >= 0.3 is 0 Å². The van der Waals surface area contributed by atoms with Crippen LogP contribution in [0.5, 0.6) is 5.88 Å². The number of halogens is 2. The van der Waals surface area contributed by atoms with E-state index >= 15 is 0 Å². The van der Waals surface area contributed by atoms with Crippen LogP contribution in [0.2, 0.25) is 0 Å². The zero-order valence-corrected chi connectivity index (χ0v) is 19.9. The number of carbonyl (C=O) groups is 1. The molecule has 0 radical (unpaired) electrons. The van der Waals surface area contributed by atoms with E-state index < -0.39 is 13.0 Å². The van der Waals surface area contributed by atoms with Crippen LogP contribution >= 0.6 is 0 Å². The number of nitrogens with one attached hydrogen (secondary N) is 3. The van der Waals surface area contributed by atoms with Gasteiger partial charge in [-0.05, 0) is 44.4 Å². The molecule has 11 heteroatoms. The first-order valence-electron chi connectivity index (χ1n) is 11.4. The van der Waals surface area contributed by atoms with E-state index in [0.717, 1.165) is 24.0 Å². The molecule has 4 aromatic rings. The number of amides is 1. The molecule has 3 aromatic heterocycles. The fourth-order valence-corrected chi connectivity index (χ4v) is 5.06. The molecule has 1 fully saturated rings. The lowest BCUT2D eigenvalue weighted by atomic mass is 9.74. The van der Waals surface area contributed by atoms with Gasteiger partial charge in [0.05, 0.1) is 30.1 Å². The van der Waals surface area contributed by atoms with Gasteiger partial charge < -0.3 is 24.9 Å². The van der Waals surface area contributed by atoms with E-state index in [1.807, 2.05) is 31.3 Å². The molecular weight excluding hydrogens is 456 g/mol. The molecule has 5 rings (SSSR count). The standard InChI is InChI=1S/C24H27F2N7O2/c1-12-28-17-6-5-14(7-18(17)33(12)11-19(25)26)16-10-27-21-20(16)22(35-4)31-23(30-21)29-15-8-24(3,9-15)32-13(2)34/h5-7,10,15,19H,8-9,11H2,1-4H3,(H,32,34)(H2,27,29,30,31)/t15-,24-. The Labute approximate surface area is 200 Å². The third-order valence-corrected chi connectivity index (χ3v) is 6.47. The van der Waals surface area contributed by atoms with Crippen molar-refractivity contribution in [2.45, 2.75) is 58.2 Å². The van der Waals surface area contributed by atoms with E-state index in [0.29, 0.717) is 39.7 Å². The first kappa shape index (κ1) is 23.0. The van der Waals surface area contributed by atoms with Gasteiger partial charge in [0, 0.05) is 30.3 Å². The quantitative estimate of drug-likeness (QED) is 0.366. The molecule has 1 aromatic carbocycles. The Balaban J connectivity index is 1.47. The molecule has 1 aliphatic rings. The molecular formula is C24H27F2N7O2.